The minimum absolute atomic E-state index is 0.0676. The molecule has 0 aromatic heterocycles. The van der Waals surface area contributed by atoms with Crippen molar-refractivity contribution in [3.63, 3.8) is 0 Å². The highest BCUT2D eigenvalue weighted by molar-refractivity contribution is 5.83. The summed E-state index contributed by atoms with van der Waals surface area (Å²) in [5.41, 5.74) is 0.767. The van der Waals surface area contributed by atoms with Crippen molar-refractivity contribution < 1.29 is 13.5 Å². The van der Waals surface area contributed by atoms with Gasteiger partial charge in [0.25, 0.3) is 5.92 Å². The minimum atomic E-state index is -3.00. The van der Waals surface area contributed by atoms with Crippen molar-refractivity contribution in [2.24, 2.45) is 0 Å². The number of hydrogen-bond donors (Lipinski definition) is 0. The zero-order chi connectivity index (χ0) is 16.3. The summed E-state index contributed by atoms with van der Waals surface area (Å²) in [5.74, 6) is -2.25. The lowest BCUT2D eigenvalue weighted by molar-refractivity contribution is 0.0525. The summed E-state index contributed by atoms with van der Waals surface area (Å²) in [6.45, 7) is 3.49. The quantitative estimate of drug-likeness (QED) is 0.549. The summed E-state index contributed by atoms with van der Waals surface area (Å²) < 4.78 is 32.7. The van der Waals surface area contributed by atoms with Crippen molar-refractivity contribution in [2.45, 2.75) is 12.5 Å². The molecule has 0 unspecified atom stereocenters. The Labute approximate surface area is 133 Å². The Morgan fingerprint density at radius 1 is 0.913 bits per heavy atom. The van der Waals surface area contributed by atoms with Crippen molar-refractivity contribution in [3.05, 3.63) is 90.5 Å². The van der Waals surface area contributed by atoms with Gasteiger partial charge in [0.05, 0.1) is 0 Å². The van der Waals surface area contributed by atoms with Crippen LogP contribution < -0.4 is 4.74 Å². The first-order chi connectivity index (χ1) is 11.1. The molecule has 1 nitrogen and oxygen atoms in total. The second kappa shape index (κ2) is 6.21. The van der Waals surface area contributed by atoms with Gasteiger partial charge < -0.3 is 4.74 Å². The standard InChI is InChI=1S/C20H16F2O/c1-2-20(21,22)18-10-7-15(8-11-18)14-23-19-12-9-16-5-3-4-6-17(16)13-19/h2-13H,1,14H2. The lowest BCUT2D eigenvalue weighted by Crippen LogP contribution is -2.08. The summed E-state index contributed by atoms with van der Waals surface area (Å²) in [6.07, 6.45) is 0.646. The van der Waals surface area contributed by atoms with E-state index in [1.165, 1.54) is 12.1 Å². The van der Waals surface area contributed by atoms with Crippen molar-refractivity contribution in [2.75, 3.05) is 0 Å². The zero-order valence-corrected chi connectivity index (χ0v) is 12.5. The van der Waals surface area contributed by atoms with E-state index in [1.807, 2.05) is 42.5 Å². The Morgan fingerprint density at radius 3 is 2.30 bits per heavy atom. The Kier molecular flexibility index (Phi) is 4.11. The van der Waals surface area contributed by atoms with E-state index >= 15 is 0 Å². The molecular formula is C20H16F2O. The maximum atomic E-state index is 13.5. The number of allylic oxidation sites excluding steroid dienone is 1. The fourth-order valence-electron chi connectivity index (χ4n) is 2.36. The molecule has 116 valence electrons. The topological polar surface area (TPSA) is 9.23 Å². The Bertz CT molecular complexity index is 822. The van der Waals surface area contributed by atoms with E-state index in [9.17, 15) is 8.78 Å². The SMILES string of the molecule is C=CC(F)(F)c1ccc(COc2ccc3ccccc3c2)cc1. The van der Waals surface area contributed by atoms with Gasteiger partial charge in [-0.1, -0.05) is 61.2 Å². The highest BCUT2D eigenvalue weighted by atomic mass is 19.3. The lowest BCUT2D eigenvalue weighted by atomic mass is 10.1. The molecule has 0 saturated carbocycles. The normalized spacial score (nSPS) is 11.4. The highest BCUT2D eigenvalue weighted by Gasteiger charge is 2.26. The van der Waals surface area contributed by atoms with Crippen LogP contribution in [0.25, 0.3) is 10.8 Å². The highest BCUT2D eigenvalue weighted by Crippen LogP contribution is 2.29. The van der Waals surface area contributed by atoms with Crippen LogP contribution in [0.5, 0.6) is 5.75 Å². The molecule has 0 bridgehead atoms. The molecule has 0 fully saturated rings. The molecule has 3 aromatic carbocycles. The van der Waals surface area contributed by atoms with E-state index in [4.69, 9.17) is 4.74 Å². The third-order valence-corrected chi connectivity index (χ3v) is 3.72. The first kappa shape index (κ1) is 15.2. The number of ether oxygens (including phenoxy) is 1. The van der Waals surface area contributed by atoms with E-state index < -0.39 is 5.92 Å². The van der Waals surface area contributed by atoms with Crippen LogP contribution in [0.2, 0.25) is 0 Å². The average Bonchev–Trinajstić information content (AvgIpc) is 2.60. The second-order valence-electron chi connectivity index (χ2n) is 5.32. The molecule has 0 amide bonds. The van der Waals surface area contributed by atoms with Crippen LogP contribution in [-0.4, -0.2) is 0 Å². The molecule has 23 heavy (non-hydrogen) atoms. The second-order valence-corrected chi connectivity index (χ2v) is 5.32. The van der Waals surface area contributed by atoms with Gasteiger partial charge in [0.1, 0.15) is 12.4 Å². The Hall–Kier alpha value is -2.68. The van der Waals surface area contributed by atoms with Crippen LogP contribution in [-0.2, 0) is 12.5 Å². The van der Waals surface area contributed by atoms with Gasteiger partial charge in [0, 0.05) is 5.56 Å². The van der Waals surface area contributed by atoms with Gasteiger partial charge in [0.2, 0.25) is 0 Å². The fraction of sp³-hybridized carbons (Fsp3) is 0.100. The van der Waals surface area contributed by atoms with Crippen LogP contribution in [0.4, 0.5) is 8.78 Å². The summed E-state index contributed by atoms with van der Waals surface area (Å²) >= 11 is 0. The maximum Gasteiger partial charge on any atom is 0.291 e. The summed E-state index contributed by atoms with van der Waals surface area (Å²) in [4.78, 5) is 0. The molecule has 0 N–H and O–H groups in total. The van der Waals surface area contributed by atoms with Crippen molar-refractivity contribution in [3.8, 4) is 5.75 Å². The van der Waals surface area contributed by atoms with Crippen molar-refractivity contribution >= 4 is 10.8 Å². The number of alkyl halides is 2. The molecule has 3 rings (SSSR count). The number of rotatable bonds is 5. The lowest BCUT2D eigenvalue weighted by Gasteiger charge is -2.12. The first-order valence-electron chi connectivity index (χ1n) is 7.31. The predicted molar refractivity (Wildman–Crippen MR) is 88.8 cm³/mol. The summed E-state index contributed by atoms with van der Waals surface area (Å²) in [5, 5.41) is 2.25. The number of halogens is 2. The number of benzene rings is 3. The third kappa shape index (κ3) is 3.39. The minimum Gasteiger partial charge on any atom is -0.489 e. The molecule has 0 aliphatic carbocycles. The third-order valence-electron chi connectivity index (χ3n) is 3.72. The van der Waals surface area contributed by atoms with Crippen LogP contribution in [0.3, 0.4) is 0 Å². The number of hydrogen-bond acceptors (Lipinski definition) is 1. The van der Waals surface area contributed by atoms with Gasteiger partial charge in [-0.2, -0.15) is 8.78 Å². The number of fused-ring (bicyclic) bond motifs is 1. The van der Waals surface area contributed by atoms with Crippen LogP contribution in [0.15, 0.2) is 79.4 Å². The predicted octanol–water partition coefficient (Wildman–Crippen LogP) is 5.70. The maximum absolute atomic E-state index is 13.5. The molecule has 0 atom stereocenters. The molecule has 0 aliphatic rings. The first-order valence-corrected chi connectivity index (χ1v) is 7.31. The molecule has 0 saturated heterocycles. The summed E-state index contributed by atoms with van der Waals surface area (Å²) in [7, 11) is 0. The van der Waals surface area contributed by atoms with E-state index in [-0.39, 0.29) is 5.56 Å². The average molecular weight is 310 g/mol. The molecule has 0 aliphatic heterocycles. The van der Waals surface area contributed by atoms with Gasteiger partial charge in [-0.25, -0.2) is 0 Å². The zero-order valence-electron chi connectivity index (χ0n) is 12.5. The van der Waals surface area contributed by atoms with Crippen LogP contribution in [0, 0.1) is 0 Å². The van der Waals surface area contributed by atoms with Crippen molar-refractivity contribution in [1.29, 1.82) is 0 Å². The van der Waals surface area contributed by atoms with E-state index in [0.717, 1.165) is 22.1 Å². The molecule has 0 heterocycles. The Morgan fingerprint density at radius 2 is 1.61 bits per heavy atom. The van der Waals surface area contributed by atoms with E-state index in [0.29, 0.717) is 12.7 Å². The largest absolute Gasteiger partial charge is 0.489 e. The van der Waals surface area contributed by atoms with Gasteiger partial charge in [-0.15, -0.1) is 0 Å². The molecule has 0 radical (unpaired) electrons. The summed E-state index contributed by atoms with van der Waals surface area (Å²) in [6, 6.07) is 20.0. The molecule has 3 aromatic rings. The van der Waals surface area contributed by atoms with Crippen LogP contribution in [0.1, 0.15) is 11.1 Å². The Balaban J connectivity index is 1.71. The van der Waals surface area contributed by atoms with Gasteiger partial charge in [-0.05, 0) is 34.5 Å². The van der Waals surface area contributed by atoms with E-state index in [2.05, 4.69) is 6.58 Å². The molecule has 0 spiro atoms. The fourth-order valence-corrected chi connectivity index (χ4v) is 2.36. The van der Waals surface area contributed by atoms with Crippen LogP contribution >= 0.6 is 0 Å². The van der Waals surface area contributed by atoms with Gasteiger partial charge >= 0.3 is 0 Å². The van der Waals surface area contributed by atoms with Gasteiger partial charge in [0.15, 0.2) is 0 Å². The smallest absolute Gasteiger partial charge is 0.291 e. The van der Waals surface area contributed by atoms with Crippen molar-refractivity contribution in [1.82, 2.24) is 0 Å². The van der Waals surface area contributed by atoms with Gasteiger partial charge in [-0.3, -0.25) is 0 Å². The monoisotopic (exact) mass is 310 g/mol. The molecule has 3 heteroatoms. The van der Waals surface area contributed by atoms with E-state index in [1.54, 1.807) is 12.1 Å². The molecular weight excluding hydrogens is 294 g/mol.